The molecule has 0 aliphatic heterocycles. The van der Waals surface area contributed by atoms with E-state index >= 15 is 0 Å². The second kappa shape index (κ2) is 7.44. The number of hydrogen-bond acceptors (Lipinski definition) is 0. The van der Waals surface area contributed by atoms with E-state index in [0.717, 1.165) is 5.56 Å². The smallest absolute Gasteiger partial charge is 0.201 e. The lowest BCUT2D eigenvalue weighted by molar-refractivity contribution is -0.659. The third kappa shape index (κ3) is 4.06. The molecule has 0 radical (unpaired) electrons. The van der Waals surface area contributed by atoms with Crippen molar-refractivity contribution in [3.8, 4) is 22.4 Å². The molecule has 0 saturated carbocycles. The van der Waals surface area contributed by atoms with Gasteiger partial charge in [-0.2, -0.15) is 0 Å². The fourth-order valence-corrected chi connectivity index (χ4v) is 5.35. The van der Waals surface area contributed by atoms with Gasteiger partial charge < -0.3 is 0 Å². The molecule has 0 aliphatic carbocycles. The van der Waals surface area contributed by atoms with Crippen LogP contribution in [-0.4, -0.2) is 8.07 Å². The Morgan fingerprint density at radius 2 is 1.59 bits per heavy atom. The van der Waals surface area contributed by atoms with Gasteiger partial charge in [0, 0.05) is 18.2 Å². The lowest BCUT2D eigenvalue weighted by Gasteiger charge is -2.22. The first-order chi connectivity index (χ1) is 13.0. The van der Waals surface area contributed by atoms with Gasteiger partial charge in [0.05, 0.1) is 8.07 Å². The van der Waals surface area contributed by atoms with Crippen molar-refractivity contribution in [2.45, 2.75) is 46.3 Å². The van der Waals surface area contributed by atoms with Gasteiger partial charge >= 0.3 is 0 Å². The Morgan fingerprint density at radius 3 is 2.19 bits per heavy atom. The van der Waals surface area contributed by atoms with E-state index in [0.29, 0.717) is 0 Å². The second-order valence-corrected chi connectivity index (χ2v) is 13.8. The van der Waals surface area contributed by atoms with Gasteiger partial charge in [0.2, 0.25) is 5.69 Å². The number of nitrogens with zero attached hydrogens (tertiary/aromatic N) is 1. The average molecular weight is 376 g/mol. The van der Waals surface area contributed by atoms with Crippen LogP contribution in [0.5, 0.6) is 0 Å². The van der Waals surface area contributed by atoms with Gasteiger partial charge in [0.25, 0.3) is 0 Å². The van der Waals surface area contributed by atoms with Crippen LogP contribution in [-0.2, 0) is 7.05 Å². The third-order valence-corrected chi connectivity index (χ3v) is 7.26. The zero-order chi connectivity index (χ0) is 20.7. The van der Waals surface area contributed by atoms with Crippen LogP contribution in [0.3, 0.4) is 0 Å². The van der Waals surface area contributed by atoms with Crippen LogP contribution in [0, 0.1) is 6.92 Å². The fraction of sp³-hybridized carbons (Fsp3) is 0.320. The van der Waals surface area contributed by atoms with E-state index in [1.54, 1.807) is 0 Å². The monoisotopic (exact) mass is 375 g/mol. The van der Waals surface area contributed by atoms with E-state index in [-0.39, 0.29) is 0 Å². The van der Waals surface area contributed by atoms with Crippen LogP contribution in [0.2, 0.25) is 19.6 Å². The molecule has 0 saturated heterocycles. The summed E-state index contributed by atoms with van der Waals surface area (Å²) >= 11 is 0. The molecule has 0 aliphatic rings. The van der Waals surface area contributed by atoms with Crippen molar-refractivity contribution in [2.24, 2.45) is 7.05 Å². The summed E-state index contributed by atoms with van der Waals surface area (Å²) < 4.78 is 11.0. The molecule has 0 atom stereocenters. The third-order valence-electron chi connectivity index (χ3n) is 5.24. The predicted molar refractivity (Wildman–Crippen MR) is 120 cm³/mol. The van der Waals surface area contributed by atoms with Gasteiger partial charge in [-0.1, -0.05) is 76.0 Å². The van der Waals surface area contributed by atoms with Crippen LogP contribution < -0.4 is 9.75 Å². The molecule has 2 aromatic carbocycles. The Hall–Kier alpha value is -2.19. The normalized spacial score (nSPS) is 12.8. The molecule has 3 aromatic rings. The highest BCUT2D eigenvalue weighted by Gasteiger charge is 2.27. The van der Waals surface area contributed by atoms with Gasteiger partial charge in [-0.15, -0.1) is 0 Å². The Balaban J connectivity index is 2.25. The largest absolute Gasteiger partial charge is 0.212 e. The summed E-state index contributed by atoms with van der Waals surface area (Å²) in [6, 6.07) is 19.5. The van der Waals surface area contributed by atoms with Crippen LogP contribution in [0.4, 0.5) is 0 Å². The minimum absolute atomic E-state index is 0.621. The summed E-state index contributed by atoms with van der Waals surface area (Å²) in [6.45, 7) is 13.3. The van der Waals surface area contributed by atoms with E-state index in [1.807, 2.05) is 13.8 Å². The van der Waals surface area contributed by atoms with E-state index in [2.05, 4.69) is 99.0 Å². The van der Waals surface area contributed by atoms with E-state index in [1.165, 1.54) is 33.1 Å². The summed E-state index contributed by atoms with van der Waals surface area (Å²) in [5.41, 5.74) is 7.27. The first-order valence-electron chi connectivity index (χ1n) is 10.2. The number of pyridine rings is 1. The molecular formula is C25H32NSi+. The lowest BCUT2D eigenvalue weighted by Crippen LogP contribution is -2.47. The Morgan fingerprint density at radius 1 is 0.926 bits per heavy atom. The molecule has 1 aromatic heterocycles. The SMILES string of the molecule is [2H]C(C)(C)c1cc(-c2cc(-c3ccccc3)ccc2C)[n+](C)cc1[Si](C)(C)C. The van der Waals surface area contributed by atoms with Crippen molar-refractivity contribution in [3.63, 3.8) is 0 Å². The Bertz CT molecular complexity index is 996. The first kappa shape index (κ1) is 18.2. The van der Waals surface area contributed by atoms with Crippen molar-refractivity contribution < 1.29 is 5.94 Å². The van der Waals surface area contributed by atoms with Crippen molar-refractivity contribution in [2.75, 3.05) is 0 Å². The van der Waals surface area contributed by atoms with E-state index < -0.39 is 14.0 Å². The molecule has 1 heterocycles. The standard InChI is InChI=1S/C25H32NSi/c1-18(2)22-16-24(26(4)17-25(22)27(5,6)7)23-15-21(14-13-19(23)3)20-11-9-8-10-12-20/h8-18H,1-7H3/q+1/i18D. The topological polar surface area (TPSA) is 3.88 Å². The molecule has 0 unspecified atom stereocenters. The molecule has 0 fully saturated rings. The highest BCUT2D eigenvalue weighted by molar-refractivity contribution is 6.89. The number of aryl methyl sites for hydroxylation is 2. The molecule has 1 nitrogen and oxygen atoms in total. The second-order valence-electron chi connectivity index (χ2n) is 8.74. The molecule has 0 bridgehead atoms. The quantitative estimate of drug-likeness (QED) is 0.399. The highest BCUT2D eigenvalue weighted by Crippen LogP contribution is 2.29. The zero-order valence-electron chi connectivity index (χ0n) is 18.7. The number of aromatic nitrogens is 1. The van der Waals surface area contributed by atoms with Crippen molar-refractivity contribution in [3.05, 3.63) is 71.9 Å². The van der Waals surface area contributed by atoms with Gasteiger partial charge in [-0.3, -0.25) is 0 Å². The summed E-state index contributed by atoms with van der Waals surface area (Å²) in [7, 11) is 0.572. The number of rotatable bonds is 4. The van der Waals surface area contributed by atoms with Gasteiger partial charge in [0.15, 0.2) is 6.20 Å². The minimum atomic E-state index is -1.56. The molecule has 2 heteroatoms. The Kier molecular flexibility index (Phi) is 5.01. The Labute approximate surface area is 167 Å². The molecule has 27 heavy (non-hydrogen) atoms. The van der Waals surface area contributed by atoms with Crippen LogP contribution in [0.25, 0.3) is 22.4 Å². The maximum atomic E-state index is 8.77. The summed E-state index contributed by atoms with van der Waals surface area (Å²) in [6.07, 6.45) is 2.28. The molecular weight excluding hydrogens is 342 g/mol. The van der Waals surface area contributed by atoms with E-state index in [4.69, 9.17) is 1.37 Å². The summed E-state index contributed by atoms with van der Waals surface area (Å²) in [5, 5.41) is 1.37. The van der Waals surface area contributed by atoms with Gasteiger partial charge in [-0.25, -0.2) is 4.57 Å². The van der Waals surface area contributed by atoms with Crippen molar-refractivity contribution in [1.29, 1.82) is 0 Å². The predicted octanol–water partition coefficient (Wildman–Crippen LogP) is 5.82. The minimum Gasteiger partial charge on any atom is -0.201 e. The van der Waals surface area contributed by atoms with Crippen LogP contribution in [0.15, 0.2) is 60.8 Å². The average Bonchev–Trinajstić information content (AvgIpc) is 2.61. The first-order valence-corrected chi connectivity index (χ1v) is 13.2. The number of hydrogen-bond donors (Lipinski definition) is 0. The maximum Gasteiger partial charge on any atom is 0.212 e. The summed E-state index contributed by atoms with van der Waals surface area (Å²) in [5.74, 6) is -0.621. The molecule has 0 spiro atoms. The van der Waals surface area contributed by atoms with Gasteiger partial charge in [-0.05, 0) is 41.1 Å². The molecule has 0 amide bonds. The number of benzene rings is 2. The molecule has 3 rings (SSSR count). The molecule has 140 valence electrons. The zero-order valence-corrected chi connectivity index (χ0v) is 18.7. The van der Waals surface area contributed by atoms with Gasteiger partial charge in [0.1, 0.15) is 7.05 Å². The van der Waals surface area contributed by atoms with Crippen molar-refractivity contribution >= 4 is 13.3 Å². The maximum absolute atomic E-state index is 8.77. The summed E-state index contributed by atoms with van der Waals surface area (Å²) in [4.78, 5) is 0. The highest BCUT2D eigenvalue weighted by atomic mass is 28.3. The lowest BCUT2D eigenvalue weighted by atomic mass is 9.95. The fourth-order valence-electron chi connectivity index (χ4n) is 3.64. The molecule has 0 N–H and O–H groups in total. The van der Waals surface area contributed by atoms with E-state index in [9.17, 15) is 0 Å². The van der Waals surface area contributed by atoms with Crippen molar-refractivity contribution in [1.82, 2.24) is 0 Å². The van der Waals surface area contributed by atoms with Crippen LogP contribution >= 0.6 is 0 Å². The van der Waals surface area contributed by atoms with Crippen LogP contribution in [0.1, 0.15) is 32.2 Å².